The molecule has 0 saturated heterocycles. The molecule has 1 saturated carbocycles. The Bertz CT molecular complexity index is 509. The number of aryl methyl sites for hydroxylation is 1. The highest BCUT2D eigenvalue weighted by molar-refractivity contribution is 7.89. The number of aromatic amines is 1. The standard InChI is InChI=1S/C12H20ClN3O2S/c1-10-14-9-12(15-10)19(17,18)16(8-7-13)11-5-3-2-4-6-11/h9,11H,2-8H2,1H3,(H,14,15). The SMILES string of the molecule is Cc1ncc(S(=O)(=O)N(CCCl)C2CCCCC2)[nH]1. The average molecular weight is 306 g/mol. The number of rotatable bonds is 5. The predicted octanol–water partition coefficient (Wildman–Crippen LogP) is 2.28. The van der Waals surface area contributed by atoms with Crippen LogP contribution in [0.3, 0.4) is 0 Å². The van der Waals surface area contributed by atoms with Gasteiger partial charge in [0.25, 0.3) is 10.0 Å². The molecule has 0 aromatic carbocycles. The first-order valence-corrected chi connectivity index (χ1v) is 8.62. The topological polar surface area (TPSA) is 66.1 Å². The molecule has 1 aliphatic rings. The van der Waals surface area contributed by atoms with Crippen LogP contribution in [0.15, 0.2) is 11.2 Å². The fraction of sp³-hybridized carbons (Fsp3) is 0.750. The number of hydrogen-bond acceptors (Lipinski definition) is 3. The van der Waals surface area contributed by atoms with E-state index in [1.165, 1.54) is 12.6 Å². The first-order chi connectivity index (χ1) is 9.05. The third-order valence-electron chi connectivity index (χ3n) is 3.55. The summed E-state index contributed by atoms with van der Waals surface area (Å²) in [6, 6.07) is 0.0705. The molecule has 0 bridgehead atoms. The van der Waals surface area contributed by atoms with E-state index in [4.69, 9.17) is 11.6 Å². The zero-order chi connectivity index (χ0) is 13.9. The minimum absolute atomic E-state index is 0.0705. The molecule has 2 rings (SSSR count). The van der Waals surface area contributed by atoms with Crippen molar-refractivity contribution in [2.24, 2.45) is 0 Å². The molecule has 0 aliphatic heterocycles. The second-order valence-corrected chi connectivity index (χ2v) is 7.17. The number of aromatic nitrogens is 2. The lowest BCUT2D eigenvalue weighted by molar-refractivity contribution is 0.261. The van der Waals surface area contributed by atoms with Crippen molar-refractivity contribution in [3.8, 4) is 0 Å². The van der Waals surface area contributed by atoms with Gasteiger partial charge in [0.1, 0.15) is 5.82 Å². The van der Waals surface area contributed by atoms with Gasteiger partial charge in [-0.05, 0) is 19.8 Å². The average Bonchev–Trinajstić information content (AvgIpc) is 2.84. The molecular formula is C12H20ClN3O2S. The highest BCUT2D eigenvalue weighted by Crippen LogP contribution is 2.27. The van der Waals surface area contributed by atoms with E-state index in [1.54, 1.807) is 11.2 Å². The number of sulfonamides is 1. The fourth-order valence-corrected chi connectivity index (χ4v) is 4.54. The summed E-state index contributed by atoms with van der Waals surface area (Å²) < 4.78 is 26.8. The lowest BCUT2D eigenvalue weighted by Crippen LogP contribution is -2.42. The molecule has 19 heavy (non-hydrogen) atoms. The Morgan fingerprint density at radius 1 is 1.42 bits per heavy atom. The summed E-state index contributed by atoms with van der Waals surface area (Å²) >= 11 is 5.78. The van der Waals surface area contributed by atoms with Crippen molar-refractivity contribution >= 4 is 21.6 Å². The first-order valence-electron chi connectivity index (χ1n) is 6.65. The largest absolute Gasteiger partial charge is 0.332 e. The predicted molar refractivity (Wildman–Crippen MR) is 74.8 cm³/mol. The Kier molecular flexibility index (Phi) is 4.86. The highest BCUT2D eigenvalue weighted by Gasteiger charge is 2.32. The van der Waals surface area contributed by atoms with Crippen LogP contribution in [0.25, 0.3) is 0 Å². The maximum Gasteiger partial charge on any atom is 0.260 e. The van der Waals surface area contributed by atoms with Crippen molar-refractivity contribution in [1.29, 1.82) is 0 Å². The van der Waals surface area contributed by atoms with Gasteiger partial charge in [-0.2, -0.15) is 4.31 Å². The van der Waals surface area contributed by atoms with E-state index in [2.05, 4.69) is 9.97 Å². The van der Waals surface area contributed by atoms with Crippen molar-refractivity contribution in [3.63, 3.8) is 0 Å². The molecule has 7 heteroatoms. The summed E-state index contributed by atoms with van der Waals surface area (Å²) in [6.07, 6.45) is 6.58. The van der Waals surface area contributed by atoms with Gasteiger partial charge in [-0.25, -0.2) is 13.4 Å². The summed E-state index contributed by atoms with van der Waals surface area (Å²) in [6.45, 7) is 2.10. The quantitative estimate of drug-likeness (QED) is 0.849. The number of alkyl halides is 1. The Morgan fingerprint density at radius 2 is 2.11 bits per heavy atom. The van der Waals surface area contributed by atoms with E-state index >= 15 is 0 Å². The maximum absolute atomic E-state index is 12.6. The molecule has 0 spiro atoms. The van der Waals surface area contributed by atoms with Crippen LogP contribution in [-0.4, -0.2) is 41.2 Å². The lowest BCUT2D eigenvalue weighted by atomic mass is 9.95. The zero-order valence-electron chi connectivity index (χ0n) is 11.1. The highest BCUT2D eigenvalue weighted by atomic mass is 35.5. The molecule has 1 N–H and O–H groups in total. The van der Waals surface area contributed by atoms with Gasteiger partial charge in [-0.1, -0.05) is 19.3 Å². The van der Waals surface area contributed by atoms with Crippen LogP contribution in [0.2, 0.25) is 0 Å². The summed E-state index contributed by atoms with van der Waals surface area (Å²) in [5.74, 6) is 0.913. The molecule has 1 aliphatic carbocycles. The van der Waals surface area contributed by atoms with E-state index < -0.39 is 10.0 Å². The Labute approximate surface area is 119 Å². The van der Waals surface area contributed by atoms with Gasteiger partial charge >= 0.3 is 0 Å². The number of nitrogens with zero attached hydrogens (tertiary/aromatic N) is 2. The van der Waals surface area contributed by atoms with Crippen LogP contribution in [0.4, 0.5) is 0 Å². The van der Waals surface area contributed by atoms with E-state index in [0.717, 1.165) is 25.7 Å². The number of nitrogens with one attached hydrogen (secondary N) is 1. The Morgan fingerprint density at radius 3 is 2.63 bits per heavy atom. The molecule has 108 valence electrons. The zero-order valence-corrected chi connectivity index (χ0v) is 12.7. The molecule has 0 radical (unpaired) electrons. The Hall–Kier alpha value is -0.590. The number of imidazole rings is 1. The van der Waals surface area contributed by atoms with Crippen LogP contribution in [0.1, 0.15) is 37.9 Å². The monoisotopic (exact) mass is 305 g/mol. The lowest BCUT2D eigenvalue weighted by Gasteiger charge is -2.32. The molecule has 1 aromatic heterocycles. The number of halogens is 1. The molecular weight excluding hydrogens is 286 g/mol. The van der Waals surface area contributed by atoms with Crippen LogP contribution in [0, 0.1) is 6.92 Å². The molecule has 0 amide bonds. The molecule has 1 aromatic rings. The summed E-state index contributed by atoms with van der Waals surface area (Å²) in [4.78, 5) is 6.79. The van der Waals surface area contributed by atoms with Crippen LogP contribution in [-0.2, 0) is 10.0 Å². The smallest absolute Gasteiger partial charge is 0.260 e. The fourth-order valence-electron chi connectivity index (χ4n) is 2.61. The molecule has 0 atom stereocenters. The number of hydrogen-bond donors (Lipinski definition) is 1. The van der Waals surface area contributed by atoms with Crippen molar-refractivity contribution in [3.05, 3.63) is 12.0 Å². The Balaban J connectivity index is 2.26. The van der Waals surface area contributed by atoms with Gasteiger partial charge in [-0.15, -0.1) is 11.6 Å². The van der Waals surface area contributed by atoms with Gasteiger partial charge in [-0.3, -0.25) is 0 Å². The second-order valence-electron chi connectivity index (χ2n) is 4.93. The third-order valence-corrected chi connectivity index (χ3v) is 5.58. The summed E-state index contributed by atoms with van der Waals surface area (Å²) in [7, 11) is -3.51. The van der Waals surface area contributed by atoms with E-state index in [9.17, 15) is 8.42 Å². The van der Waals surface area contributed by atoms with Crippen LogP contribution < -0.4 is 0 Å². The summed E-state index contributed by atoms with van der Waals surface area (Å²) in [5, 5.41) is 0.167. The molecule has 1 fully saturated rings. The van der Waals surface area contributed by atoms with Crippen molar-refractivity contribution in [2.45, 2.75) is 50.1 Å². The van der Waals surface area contributed by atoms with Gasteiger partial charge in [0.15, 0.2) is 5.03 Å². The molecule has 5 nitrogen and oxygen atoms in total. The number of H-pyrrole nitrogens is 1. The maximum atomic E-state index is 12.6. The molecule has 1 heterocycles. The first kappa shape index (κ1) is 14.8. The normalized spacial score (nSPS) is 18.1. The third kappa shape index (κ3) is 3.30. The minimum Gasteiger partial charge on any atom is -0.332 e. The van der Waals surface area contributed by atoms with Gasteiger partial charge in [0.2, 0.25) is 0 Å². The van der Waals surface area contributed by atoms with Crippen LogP contribution in [0.5, 0.6) is 0 Å². The molecule has 0 unspecified atom stereocenters. The van der Waals surface area contributed by atoms with Crippen molar-refractivity contribution < 1.29 is 8.42 Å². The summed E-state index contributed by atoms with van der Waals surface area (Å²) in [5.41, 5.74) is 0. The van der Waals surface area contributed by atoms with Crippen molar-refractivity contribution in [2.75, 3.05) is 12.4 Å². The van der Waals surface area contributed by atoms with Crippen molar-refractivity contribution in [1.82, 2.24) is 14.3 Å². The minimum atomic E-state index is -3.51. The van der Waals surface area contributed by atoms with Crippen LogP contribution >= 0.6 is 11.6 Å². The van der Waals surface area contributed by atoms with E-state index in [-0.39, 0.29) is 11.1 Å². The van der Waals surface area contributed by atoms with Gasteiger partial charge in [0.05, 0.1) is 6.20 Å². The van der Waals surface area contributed by atoms with E-state index in [1.807, 2.05) is 0 Å². The second kappa shape index (κ2) is 6.24. The van der Waals surface area contributed by atoms with E-state index in [0.29, 0.717) is 18.2 Å². The van der Waals surface area contributed by atoms with Gasteiger partial charge in [0, 0.05) is 18.5 Å². The van der Waals surface area contributed by atoms with Gasteiger partial charge < -0.3 is 4.98 Å².